The van der Waals surface area contributed by atoms with Crippen LogP contribution in [0.1, 0.15) is 230 Å². The zero-order valence-electron chi connectivity index (χ0n) is 44.6. The Morgan fingerprint density at radius 2 is 0.529 bits per heavy atom. The van der Waals surface area contributed by atoms with E-state index >= 15 is 0 Å². The quantitative estimate of drug-likeness (QED) is 0.0349. The second kappa shape index (κ2) is 39.1. The van der Waals surface area contributed by atoms with Crippen molar-refractivity contribution in [1.29, 1.82) is 0 Å². The predicted molar refractivity (Wildman–Crippen MR) is 295 cm³/mol. The maximum absolute atomic E-state index is 6.56. The van der Waals surface area contributed by atoms with Crippen LogP contribution in [0.5, 0.6) is 34.5 Å². The van der Waals surface area contributed by atoms with Gasteiger partial charge < -0.3 is 34.2 Å². The van der Waals surface area contributed by atoms with Crippen molar-refractivity contribution < 1.29 is 28.4 Å². The van der Waals surface area contributed by atoms with Crippen LogP contribution in [0.3, 0.4) is 0 Å². The highest BCUT2D eigenvalue weighted by atomic mass is 16.5. The maximum atomic E-state index is 6.56. The number of benzene rings is 4. The predicted octanol–water partition coefficient (Wildman–Crippen LogP) is 18.9. The molecule has 390 valence electrons. The summed E-state index contributed by atoms with van der Waals surface area (Å²) in [4.78, 5) is 0. The lowest BCUT2D eigenvalue weighted by Gasteiger charge is -2.18. The van der Waals surface area contributed by atoms with Crippen molar-refractivity contribution in [3.05, 3.63) is 102 Å². The van der Waals surface area contributed by atoms with Crippen LogP contribution in [-0.2, 0) is 19.8 Å². The van der Waals surface area contributed by atoms with E-state index in [1.54, 1.807) is 0 Å². The monoisotopic (exact) mass is 964 g/mol. The third-order valence-electron chi connectivity index (χ3n) is 13.3. The number of hydrogen-bond donors (Lipinski definition) is 1. The standard InChI is InChI=1S/C63H97NO6/c1-4-7-10-13-16-19-22-25-28-31-46-65-58-40-34-54(35-41-58)51-68-61-49-57(64)50-62(69-52-55-36-42-59(43-37-55)66-47-32-29-26-23-20-17-14-11-8-5-2)63(61)70-53-56-38-44-60(45-39-56)67-48-33-30-27-24-21-18-15-12-9-6-3/h34-45,49-50H,4-33,46-48,51-53,64H2,1-3H3. The average molecular weight is 964 g/mol. The molecule has 7 heteroatoms. The molecule has 0 spiro atoms. The fraction of sp³-hybridized carbons (Fsp3) is 0.619. The molecule has 0 aliphatic carbocycles. The number of nitrogens with two attached hydrogens (primary N) is 1. The van der Waals surface area contributed by atoms with Gasteiger partial charge in [-0.2, -0.15) is 0 Å². The Hall–Kier alpha value is -4.52. The lowest BCUT2D eigenvalue weighted by atomic mass is 10.1. The molecule has 0 aliphatic rings. The summed E-state index contributed by atoms with van der Waals surface area (Å²) in [6.45, 7) is 10.1. The van der Waals surface area contributed by atoms with Crippen molar-refractivity contribution in [3.8, 4) is 34.5 Å². The minimum Gasteiger partial charge on any atom is -0.494 e. The number of rotatable bonds is 45. The molecule has 4 rings (SSSR count). The molecule has 0 radical (unpaired) electrons. The van der Waals surface area contributed by atoms with Crippen molar-refractivity contribution in [1.82, 2.24) is 0 Å². The first kappa shape index (κ1) is 58.1. The molecule has 70 heavy (non-hydrogen) atoms. The summed E-state index contributed by atoms with van der Waals surface area (Å²) in [6, 6.07) is 28.2. The first-order valence-corrected chi connectivity index (χ1v) is 28.5. The number of anilines is 1. The zero-order valence-corrected chi connectivity index (χ0v) is 44.6. The molecule has 0 saturated heterocycles. The topological polar surface area (TPSA) is 81.4 Å². The molecular weight excluding hydrogens is 867 g/mol. The summed E-state index contributed by atoms with van der Waals surface area (Å²) in [6.07, 6.45) is 39.4. The normalized spacial score (nSPS) is 11.2. The van der Waals surface area contributed by atoms with Gasteiger partial charge in [-0.05, 0) is 72.4 Å². The number of hydrogen-bond acceptors (Lipinski definition) is 7. The summed E-state index contributed by atoms with van der Waals surface area (Å²) in [5.74, 6) is 4.22. The molecule has 2 N–H and O–H groups in total. The fourth-order valence-electron chi connectivity index (χ4n) is 8.82. The van der Waals surface area contributed by atoms with E-state index < -0.39 is 0 Å². The Balaban J connectivity index is 1.27. The van der Waals surface area contributed by atoms with Gasteiger partial charge >= 0.3 is 0 Å². The second-order valence-corrected chi connectivity index (χ2v) is 19.7. The molecule has 0 atom stereocenters. The van der Waals surface area contributed by atoms with Crippen molar-refractivity contribution in [2.24, 2.45) is 0 Å². The number of unbranched alkanes of at least 4 members (excludes halogenated alkanes) is 27. The van der Waals surface area contributed by atoms with E-state index in [1.165, 1.54) is 173 Å². The zero-order chi connectivity index (χ0) is 49.4. The van der Waals surface area contributed by atoms with Gasteiger partial charge in [0.25, 0.3) is 0 Å². The van der Waals surface area contributed by atoms with Crippen LogP contribution >= 0.6 is 0 Å². The van der Waals surface area contributed by atoms with Gasteiger partial charge in [0.15, 0.2) is 11.5 Å². The third-order valence-corrected chi connectivity index (χ3v) is 13.3. The Morgan fingerprint density at radius 1 is 0.286 bits per heavy atom. The molecular formula is C63H97NO6. The third kappa shape index (κ3) is 27.2. The number of nitrogen functional groups attached to an aromatic ring is 1. The van der Waals surface area contributed by atoms with E-state index in [-0.39, 0.29) is 0 Å². The fourth-order valence-corrected chi connectivity index (χ4v) is 8.82. The van der Waals surface area contributed by atoms with Crippen LogP contribution in [-0.4, -0.2) is 19.8 Å². The van der Waals surface area contributed by atoms with E-state index in [2.05, 4.69) is 57.2 Å². The lowest BCUT2D eigenvalue weighted by molar-refractivity contribution is 0.230. The van der Waals surface area contributed by atoms with Gasteiger partial charge in [-0.1, -0.05) is 231 Å². The first-order chi connectivity index (χ1) is 34.6. The van der Waals surface area contributed by atoms with E-state index in [4.69, 9.17) is 34.2 Å². The molecule has 0 heterocycles. The Labute approximate surface area is 427 Å². The van der Waals surface area contributed by atoms with Crippen LogP contribution in [0.4, 0.5) is 5.69 Å². The highest BCUT2D eigenvalue weighted by molar-refractivity contribution is 5.61. The van der Waals surface area contributed by atoms with Crippen molar-refractivity contribution >= 4 is 5.69 Å². The van der Waals surface area contributed by atoms with Gasteiger partial charge in [0.1, 0.15) is 37.1 Å². The van der Waals surface area contributed by atoms with E-state index in [0.29, 0.717) is 42.8 Å². The summed E-state index contributed by atoms with van der Waals surface area (Å²) in [7, 11) is 0. The van der Waals surface area contributed by atoms with Crippen molar-refractivity contribution in [2.75, 3.05) is 25.6 Å². The molecule has 0 unspecified atom stereocenters. The van der Waals surface area contributed by atoms with Crippen LogP contribution in [0.25, 0.3) is 0 Å². The Morgan fingerprint density at radius 3 is 0.800 bits per heavy atom. The van der Waals surface area contributed by atoms with E-state index in [9.17, 15) is 0 Å². The molecule has 0 fully saturated rings. The summed E-state index contributed by atoms with van der Waals surface area (Å²) < 4.78 is 37.8. The Bertz CT molecular complexity index is 1730. The molecule has 4 aromatic rings. The van der Waals surface area contributed by atoms with Crippen molar-refractivity contribution in [3.63, 3.8) is 0 Å². The summed E-state index contributed by atoms with van der Waals surface area (Å²) in [5, 5.41) is 0. The largest absolute Gasteiger partial charge is 0.494 e. The summed E-state index contributed by atoms with van der Waals surface area (Å²) in [5.41, 5.74) is 10.1. The lowest BCUT2D eigenvalue weighted by Crippen LogP contribution is -2.05. The van der Waals surface area contributed by atoms with E-state index in [1.807, 2.05) is 48.5 Å². The maximum Gasteiger partial charge on any atom is 0.204 e. The smallest absolute Gasteiger partial charge is 0.204 e. The minimum atomic E-state index is 0.325. The molecule has 0 bridgehead atoms. The first-order valence-electron chi connectivity index (χ1n) is 28.5. The van der Waals surface area contributed by atoms with Crippen molar-refractivity contribution in [2.45, 2.75) is 233 Å². The van der Waals surface area contributed by atoms with Gasteiger partial charge in [0, 0.05) is 17.8 Å². The van der Waals surface area contributed by atoms with Gasteiger partial charge in [-0.3, -0.25) is 0 Å². The van der Waals surface area contributed by atoms with Crippen LogP contribution in [0.2, 0.25) is 0 Å². The van der Waals surface area contributed by atoms with Crippen LogP contribution in [0, 0.1) is 0 Å². The average Bonchev–Trinajstić information content (AvgIpc) is 3.38. The minimum absolute atomic E-state index is 0.325. The van der Waals surface area contributed by atoms with Crippen LogP contribution in [0.15, 0.2) is 84.9 Å². The summed E-state index contributed by atoms with van der Waals surface area (Å²) >= 11 is 0. The second-order valence-electron chi connectivity index (χ2n) is 19.7. The highest BCUT2D eigenvalue weighted by Crippen LogP contribution is 2.41. The molecule has 7 nitrogen and oxygen atoms in total. The molecule has 0 aliphatic heterocycles. The van der Waals surface area contributed by atoms with Gasteiger partial charge in [0.2, 0.25) is 5.75 Å². The van der Waals surface area contributed by atoms with Gasteiger partial charge in [-0.25, -0.2) is 0 Å². The van der Waals surface area contributed by atoms with E-state index in [0.717, 1.165) is 73.0 Å². The molecule has 4 aromatic carbocycles. The van der Waals surface area contributed by atoms with Gasteiger partial charge in [-0.15, -0.1) is 0 Å². The molecule has 0 aromatic heterocycles. The molecule has 0 saturated carbocycles. The SMILES string of the molecule is CCCCCCCCCCCCOc1ccc(COc2cc(N)cc(OCc3ccc(OCCCCCCCCCCCC)cc3)c2OCc2ccc(OCCCCCCCCCCCC)cc2)cc1. The number of ether oxygens (including phenoxy) is 6. The van der Waals surface area contributed by atoms with Crippen LogP contribution < -0.4 is 34.2 Å². The highest BCUT2D eigenvalue weighted by Gasteiger charge is 2.17. The van der Waals surface area contributed by atoms with Gasteiger partial charge in [0.05, 0.1) is 19.8 Å². The molecule has 0 amide bonds. The Kier molecular flexibility index (Phi) is 32.5.